The molecule has 5 nitrogen and oxygen atoms in total. The molecule has 6 heteroatoms. The minimum Gasteiger partial charge on any atom is -0.399 e. The van der Waals surface area contributed by atoms with Gasteiger partial charge in [0.25, 0.3) is 0 Å². The van der Waals surface area contributed by atoms with Gasteiger partial charge >= 0.3 is 7.12 Å². The molecule has 22 heavy (non-hydrogen) atoms. The Morgan fingerprint density at radius 2 is 1.73 bits per heavy atom. The third-order valence-electron chi connectivity index (χ3n) is 5.03. The number of hydrogen-bond acceptors (Lipinski definition) is 4. The highest BCUT2D eigenvalue weighted by atomic mass is 16.7. The van der Waals surface area contributed by atoms with E-state index in [1.54, 1.807) is 0 Å². The lowest BCUT2D eigenvalue weighted by molar-refractivity contribution is 0.00578. The molecule has 0 aliphatic carbocycles. The van der Waals surface area contributed by atoms with E-state index in [0.717, 1.165) is 12.0 Å². The van der Waals surface area contributed by atoms with Crippen molar-refractivity contribution < 1.29 is 9.31 Å². The van der Waals surface area contributed by atoms with Crippen molar-refractivity contribution in [3.8, 4) is 0 Å². The van der Waals surface area contributed by atoms with Crippen molar-refractivity contribution in [2.24, 2.45) is 0 Å². The van der Waals surface area contributed by atoms with Crippen LogP contribution in [0.5, 0.6) is 0 Å². The number of aromatic nitrogens is 2. The van der Waals surface area contributed by atoms with Crippen LogP contribution in [0.3, 0.4) is 0 Å². The molecule has 0 amide bonds. The molecule has 0 aromatic carbocycles. The highest BCUT2D eigenvalue weighted by Gasteiger charge is 2.52. The summed E-state index contributed by atoms with van der Waals surface area (Å²) < 4.78 is 14.2. The second-order valence-corrected chi connectivity index (χ2v) is 7.72. The number of hydrogen-bond donors (Lipinski definition) is 0. The number of rotatable bonds is 5. The zero-order valence-corrected chi connectivity index (χ0v) is 15.3. The lowest BCUT2D eigenvalue weighted by Gasteiger charge is -2.32. The molecule has 0 spiro atoms. The molecule has 1 aromatic rings. The predicted molar refractivity (Wildman–Crippen MR) is 90.4 cm³/mol. The number of likely N-dealkylation sites (N-methyl/N-ethyl adjacent to an activating group) is 1. The van der Waals surface area contributed by atoms with E-state index in [0.29, 0.717) is 12.1 Å². The molecule has 1 atom stereocenters. The first-order valence-corrected chi connectivity index (χ1v) is 8.13. The van der Waals surface area contributed by atoms with Crippen LogP contribution in [0.4, 0.5) is 0 Å². The van der Waals surface area contributed by atoms with Gasteiger partial charge in [-0.25, -0.2) is 0 Å². The third-order valence-corrected chi connectivity index (χ3v) is 5.03. The first kappa shape index (κ1) is 17.5. The first-order valence-electron chi connectivity index (χ1n) is 8.13. The van der Waals surface area contributed by atoms with Gasteiger partial charge in [-0.2, -0.15) is 5.10 Å². The molecule has 0 N–H and O–H groups in total. The molecule has 1 unspecified atom stereocenters. The topological polar surface area (TPSA) is 39.5 Å². The molecule has 124 valence electrons. The highest BCUT2D eigenvalue weighted by molar-refractivity contribution is 6.61. The molecule has 0 saturated carbocycles. The quantitative estimate of drug-likeness (QED) is 0.781. The lowest BCUT2D eigenvalue weighted by Crippen LogP contribution is -2.41. The Morgan fingerprint density at radius 3 is 2.23 bits per heavy atom. The van der Waals surface area contributed by atoms with Crippen molar-refractivity contribution in [2.45, 2.75) is 71.8 Å². The van der Waals surface area contributed by atoms with Gasteiger partial charge in [-0.3, -0.25) is 4.68 Å². The van der Waals surface area contributed by atoms with Crippen LogP contribution in [-0.4, -0.2) is 52.6 Å². The Balaban J connectivity index is 2.06. The standard InChI is InChI=1S/C16H30BN3O2/c1-12(2)19(8)10-13(3)20-11-14(9-18-20)17-21-15(4,5)16(6,7)22-17/h9,11-13H,10H2,1-8H3. The molecule has 1 aromatic heterocycles. The molecule has 2 heterocycles. The molecule has 0 radical (unpaired) electrons. The first-order chi connectivity index (χ1) is 10.0. The van der Waals surface area contributed by atoms with E-state index in [2.05, 4.69) is 65.5 Å². The smallest absolute Gasteiger partial charge is 0.399 e. The normalized spacial score (nSPS) is 21.8. The third kappa shape index (κ3) is 3.39. The summed E-state index contributed by atoms with van der Waals surface area (Å²) in [5, 5.41) is 4.50. The summed E-state index contributed by atoms with van der Waals surface area (Å²) in [4.78, 5) is 2.32. The van der Waals surface area contributed by atoms with Gasteiger partial charge in [0.15, 0.2) is 0 Å². The second-order valence-electron chi connectivity index (χ2n) is 7.72. The van der Waals surface area contributed by atoms with Gasteiger partial charge in [0.1, 0.15) is 0 Å². The van der Waals surface area contributed by atoms with Crippen molar-refractivity contribution in [3.63, 3.8) is 0 Å². The van der Waals surface area contributed by atoms with Crippen molar-refractivity contribution in [2.75, 3.05) is 13.6 Å². The average Bonchev–Trinajstić information content (AvgIpc) is 2.93. The zero-order chi connectivity index (χ0) is 16.7. The molecular formula is C16H30BN3O2. The van der Waals surface area contributed by atoms with Gasteiger partial charge in [-0.1, -0.05) is 0 Å². The zero-order valence-electron chi connectivity index (χ0n) is 15.3. The Kier molecular flexibility index (Phi) is 4.76. The summed E-state index contributed by atoms with van der Waals surface area (Å²) in [6, 6.07) is 0.837. The van der Waals surface area contributed by atoms with E-state index in [-0.39, 0.29) is 18.3 Å². The van der Waals surface area contributed by atoms with Crippen LogP contribution in [0, 0.1) is 0 Å². The van der Waals surface area contributed by atoms with Crippen molar-refractivity contribution in [1.29, 1.82) is 0 Å². The van der Waals surface area contributed by atoms with Gasteiger partial charge in [0, 0.05) is 30.4 Å². The second kappa shape index (κ2) is 5.98. The Labute approximate surface area is 135 Å². The Bertz CT molecular complexity index is 497. The Hall–Kier alpha value is -0.845. The van der Waals surface area contributed by atoms with Crippen LogP contribution in [0.15, 0.2) is 12.4 Å². The average molecular weight is 307 g/mol. The van der Waals surface area contributed by atoms with Gasteiger partial charge in [-0.05, 0) is 55.5 Å². The summed E-state index contributed by atoms with van der Waals surface area (Å²) >= 11 is 0. The minimum absolute atomic E-state index is 0.309. The molecular weight excluding hydrogens is 277 g/mol. The molecule has 0 bridgehead atoms. The van der Waals surface area contributed by atoms with Crippen LogP contribution >= 0.6 is 0 Å². The Morgan fingerprint density at radius 1 is 1.18 bits per heavy atom. The summed E-state index contributed by atoms with van der Waals surface area (Å²) in [5.41, 5.74) is 0.352. The van der Waals surface area contributed by atoms with Crippen LogP contribution in [0.2, 0.25) is 0 Å². The maximum Gasteiger partial charge on any atom is 0.498 e. The van der Waals surface area contributed by atoms with Gasteiger partial charge in [-0.15, -0.1) is 0 Å². The van der Waals surface area contributed by atoms with Crippen LogP contribution in [0.25, 0.3) is 0 Å². The van der Waals surface area contributed by atoms with Crippen molar-refractivity contribution in [1.82, 2.24) is 14.7 Å². The number of nitrogens with zero attached hydrogens (tertiary/aromatic N) is 3. The molecule has 1 fully saturated rings. The fourth-order valence-electron chi connectivity index (χ4n) is 2.41. The molecule has 2 rings (SSSR count). The summed E-state index contributed by atoms with van der Waals surface area (Å²) in [6.45, 7) is 15.8. The monoisotopic (exact) mass is 307 g/mol. The fraction of sp³-hybridized carbons (Fsp3) is 0.812. The SMILES string of the molecule is CC(C)N(C)CC(C)n1cc(B2OC(C)(C)C(C)(C)O2)cn1. The van der Waals surface area contributed by atoms with Crippen LogP contribution in [0.1, 0.15) is 54.5 Å². The van der Waals surface area contributed by atoms with Crippen LogP contribution in [-0.2, 0) is 9.31 Å². The van der Waals surface area contributed by atoms with Crippen molar-refractivity contribution >= 4 is 12.6 Å². The van der Waals surface area contributed by atoms with E-state index >= 15 is 0 Å². The molecule has 1 aliphatic heterocycles. The molecule has 1 saturated heterocycles. The highest BCUT2D eigenvalue weighted by Crippen LogP contribution is 2.36. The van der Waals surface area contributed by atoms with E-state index in [1.807, 2.05) is 17.1 Å². The maximum absolute atomic E-state index is 6.08. The van der Waals surface area contributed by atoms with Gasteiger partial charge in [0.2, 0.25) is 0 Å². The van der Waals surface area contributed by atoms with Crippen LogP contribution < -0.4 is 5.46 Å². The summed E-state index contributed by atoms with van der Waals surface area (Å²) in [6.07, 6.45) is 3.90. The maximum atomic E-state index is 6.08. The van der Waals surface area contributed by atoms with Gasteiger partial charge in [0.05, 0.1) is 17.2 Å². The van der Waals surface area contributed by atoms with E-state index in [1.165, 1.54) is 0 Å². The summed E-state index contributed by atoms with van der Waals surface area (Å²) in [7, 11) is 1.80. The molecule has 1 aliphatic rings. The van der Waals surface area contributed by atoms with Gasteiger partial charge < -0.3 is 14.2 Å². The largest absolute Gasteiger partial charge is 0.498 e. The van der Waals surface area contributed by atoms with E-state index in [4.69, 9.17) is 9.31 Å². The van der Waals surface area contributed by atoms with E-state index < -0.39 is 0 Å². The fourth-order valence-corrected chi connectivity index (χ4v) is 2.41. The lowest BCUT2D eigenvalue weighted by atomic mass is 9.82. The van der Waals surface area contributed by atoms with E-state index in [9.17, 15) is 0 Å². The minimum atomic E-state index is -0.339. The predicted octanol–water partition coefficient (Wildman–Crippen LogP) is 2.08. The van der Waals surface area contributed by atoms with Crippen molar-refractivity contribution in [3.05, 3.63) is 12.4 Å². The summed E-state index contributed by atoms with van der Waals surface area (Å²) in [5.74, 6) is 0.